The molecule has 114 valence electrons. The molecule has 1 aliphatic carbocycles. The normalized spacial score (nSPS) is 17.1. The van der Waals surface area contributed by atoms with E-state index < -0.39 is 0 Å². The molecule has 0 aliphatic heterocycles. The van der Waals surface area contributed by atoms with Gasteiger partial charge in [-0.25, -0.2) is 0 Å². The average molecular weight is 288 g/mol. The van der Waals surface area contributed by atoms with Crippen molar-refractivity contribution < 1.29 is 9.59 Å². The van der Waals surface area contributed by atoms with Crippen LogP contribution in [-0.4, -0.2) is 18.4 Å². The summed E-state index contributed by atoms with van der Waals surface area (Å²) in [5, 5.41) is 5.72. The summed E-state index contributed by atoms with van der Waals surface area (Å²) in [7, 11) is 0. The highest BCUT2D eigenvalue weighted by Crippen LogP contribution is 2.18. The second-order valence-electron chi connectivity index (χ2n) is 5.71. The molecular weight excluding hydrogens is 264 g/mol. The van der Waals surface area contributed by atoms with Crippen LogP contribution in [0.25, 0.3) is 0 Å². The molecule has 0 saturated heterocycles. The highest BCUT2D eigenvalue weighted by atomic mass is 16.1. The maximum absolute atomic E-state index is 12.3. The number of benzene rings is 1. The van der Waals surface area contributed by atoms with Crippen molar-refractivity contribution in [1.29, 1.82) is 0 Å². The zero-order valence-corrected chi connectivity index (χ0v) is 12.4. The quantitative estimate of drug-likeness (QED) is 0.833. The number of amides is 2. The van der Waals surface area contributed by atoms with E-state index in [1.165, 1.54) is 38.5 Å². The fourth-order valence-electron chi connectivity index (χ4n) is 2.86. The summed E-state index contributed by atoms with van der Waals surface area (Å²) >= 11 is 0. The monoisotopic (exact) mass is 288 g/mol. The lowest BCUT2D eigenvalue weighted by molar-refractivity contribution is -0.105. The first-order chi connectivity index (χ1) is 10.3. The fourth-order valence-corrected chi connectivity index (χ4v) is 2.86. The molecule has 1 aromatic rings. The van der Waals surface area contributed by atoms with Gasteiger partial charge in [-0.1, -0.05) is 44.6 Å². The zero-order chi connectivity index (χ0) is 14.9. The molecule has 1 fully saturated rings. The van der Waals surface area contributed by atoms with Crippen LogP contribution in [-0.2, 0) is 4.79 Å². The van der Waals surface area contributed by atoms with Gasteiger partial charge in [0, 0.05) is 17.3 Å². The van der Waals surface area contributed by atoms with Gasteiger partial charge in [-0.15, -0.1) is 0 Å². The number of nitrogens with one attached hydrogen (secondary N) is 2. The first kappa shape index (κ1) is 15.5. The number of hydrogen-bond donors (Lipinski definition) is 2. The van der Waals surface area contributed by atoms with Gasteiger partial charge in [-0.2, -0.15) is 0 Å². The molecule has 2 amide bonds. The van der Waals surface area contributed by atoms with E-state index in [0.29, 0.717) is 17.7 Å². The first-order valence-corrected chi connectivity index (χ1v) is 7.91. The SMILES string of the molecule is O=CNc1cccc(C(=O)NC2CCCCCCCC2)c1. The second kappa shape index (κ2) is 8.45. The summed E-state index contributed by atoms with van der Waals surface area (Å²) < 4.78 is 0. The van der Waals surface area contributed by atoms with Crippen molar-refractivity contribution in [3.8, 4) is 0 Å². The lowest BCUT2D eigenvalue weighted by Gasteiger charge is -2.18. The van der Waals surface area contributed by atoms with E-state index in [1.807, 2.05) is 0 Å². The van der Waals surface area contributed by atoms with Gasteiger partial charge in [0.2, 0.25) is 6.41 Å². The molecule has 1 aliphatic rings. The van der Waals surface area contributed by atoms with Crippen LogP contribution >= 0.6 is 0 Å². The molecule has 0 bridgehead atoms. The highest BCUT2D eigenvalue weighted by molar-refractivity contribution is 5.95. The van der Waals surface area contributed by atoms with Gasteiger partial charge >= 0.3 is 0 Å². The Morgan fingerprint density at radius 2 is 1.71 bits per heavy atom. The Morgan fingerprint density at radius 1 is 1.05 bits per heavy atom. The second-order valence-corrected chi connectivity index (χ2v) is 5.71. The summed E-state index contributed by atoms with van der Waals surface area (Å²) in [4.78, 5) is 22.8. The van der Waals surface area contributed by atoms with Crippen LogP contribution in [0.4, 0.5) is 5.69 Å². The van der Waals surface area contributed by atoms with Crippen LogP contribution in [0.1, 0.15) is 61.7 Å². The Labute approximate surface area is 126 Å². The van der Waals surface area contributed by atoms with E-state index in [4.69, 9.17) is 0 Å². The van der Waals surface area contributed by atoms with Gasteiger partial charge in [-0.3, -0.25) is 9.59 Å². The summed E-state index contributed by atoms with van der Waals surface area (Å²) in [6, 6.07) is 7.31. The average Bonchev–Trinajstić information content (AvgIpc) is 2.62. The van der Waals surface area contributed by atoms with Crippen molar-refractivity contribution in [2.45, 2.75) is 57.4 Å². The van der Waals surface area contributed by atoms with Crippen LogP contribution in [0.15, 0.2) is 24.3 Å². The molecule has 2 rings (SSSR count). The van der Waals surface area contributed by atoms with Gasteiger partial charge in [0.1, 0.15) is 0 Å². The summed E-state index contributed by atoms with van der Waals surface area (Å²) in [6.07, 6.45) is 10.3. The van der Waals surface area contributed by atoms with E-state index in [9.17, 15) is 9.59 Å². The van der Waals surface area contributed by atoms with Crippen molar-refractivity contribution >= 4 is 18.0 Å². The molecule has 0 aromatic heterocycles. The molecule has 1 saturated carbocycles. The van der Waals surface area contributed by atoms with E-state index in [2.05, 4.69) is 10.6 Å². The molecular formula is C17H24N2O2. The largest absolute Gasteiger partial charge is 0.349 e. The van der Waals surface area contributed by atoms with Gasteiger partial charge in [0.15, 0.2) is 0 Å². The van der Waals surface area contributed by atoms with E-state index in [-0.39, 0.29) is 11.9 Å². The number of carbonyl (C=O) groups is 2. The number of hydrogen-bond acceptors (Lipinski definition) is 2. The minimum Gasteiger partial charge on any atom is -0.349 e. The Hall–Kier alpha value is -1.84. The van der Waals surface area contributed by atoms with Crippen LogP contribution in [0.2, 0.25) is 0 Å². The maximum atomic E-state index is 12.3. The fraction of sp³-hybridized carbons (Fsp3) is 0.529. The van der Waals surface area contributed by atoms with Crippen LogP contribution in [0, 0.1) is 0 Å². The maximum Gasteiger partial charge on any atom is 0.251 e. The molecule has 0 unspecified atom stereocenters. The zero-order valence-electron chi connectivity index (χ0n) is 12.4. The standard InChI is InChI=1S/C17H24N2O2/c20-13-18-16-11-7-8-14(12-16)17(21)19-15-9-5-3-1-2-4-6-10-15/h7-8,11-13,15H,1-6,9-10H2,(H,18,20)(H,19,21). The molecule has 4 nitrogen and oxygen atoms in total. The van der Waals surface area contributed by atoms with Crippen molar-refractivity contribution in [2.75, 3.05) is 5.32 Å². The third kappa shape index (κ3) is 5.21. The van der Waals surface area contributed by atoms with Gasteiger partial charge in [0.05, 0.1) is 0 Å². The van der Waals surface area contributed by atoms with Gasteiger partial charge in [-0.05, 0) is 31.0 Å². The Balaban J connectivity index is 1.95. The number of anilines is 1. The summed E-state index contributed by atoms with van der Waals surface area (Å²) in [6.45, 7) is 0. The molecule has 21 heavy (non-hydrogen) atoms. The first-order valence-electron chi connectivity index (χ1n) is 7.91. The Kier molecular flexibility index (Phi) is 6.25. The predicted octanol–water partition coefficient (Wildman–Crippen LogP) is 3.49. The molecule has 4 heteroatoms. The lowest BCUT2D eigenvalue weighted by Crippen LogP contribution is -2.34. The van der Waals surface area contributed by atoms with Crippen LogP contribution in [0.5, 0.6) is 0 Å². The molecule has 0 radical (unpaired) electrons. The highest BCUT2D eigenvalue weighted by Gasteiger charge is 2.14. The molecule has 2 N–H and O–H groups in total. The van der Waals surface area contributed by atoms with Crippen molar-refractivity contribution in [3.05, 3.63) is 29.8 Å². The summed E-state index contributed by atoms with van der Waals surface area (Å²) in [5.41, 5.74) is 1.24. The van der Waals surface area contributed by atoms with E-state index >= 15 is 0 Å². The molecule has 0 heterocycles. The van der Waals surface area contributed by atoms with E-state index in [1.54, 1.807) is 24.3 Å². The molecule has 1 aromatic carbocycles. The van der Waals surface area contributed by atoms with Crippen LogP contribution in [0.3, 0.4) is 0 Å². The lowest BCUT2D eigenvalue weighted by atomic mass is 10.0. The number of rotatable bonds is 4. The van der Waals surface area contributed by atoms with Crippen molar-refractivity contribution in [3.63, 3.8) is 0 Å². The predicted molar refractivity (Wildman–Crippen MR) is 84.3 cm³/mol. The van der Waals surface area contributed by atoms with Crippen LogP contribution < -0.4 is 10.6 Å². The smallest absolute Gasteiger partial charge is 0.251 e. The van der Waals surface area contributed by atoms with Crippen molar-refractivity contribution in [2.24, 2.45) is 0 Å². The third-order valence-corrected chi connectivity index (χ3v) is 4.04. The van der Waals surface area contributed by atoms with Gasteiger partial charge in [0.25, 0.3) is 5.91 Å². The molecule has 0 spiro atoms. The Morgan fingerprint density at radius 3 is 2.38 bits per heavy atom. The summed E-state index contributed by atoms with van der Waals surface area (Å²) in [5.74, 6) is -0.0474. The third-order valence-electron chi connectivity index (χ3n) is 4.04. The van der Waals surface area contributed by atoms with E-state index in [0.717, 1.165) is 12.8 Å². The minimum atomic E-state index is -0.0474. The van der Waals surface area contributed by atoms with Crippen molar-refractivity contribution in [1.82, 2.24) is 5.32 Å². The molecule has 0 atom stereocenters. The Bertz CT molecular complexity index is 464. The van der Waals surface area contributed by atoms with Gasteiger partial charge < -0.3 is 10.6 Å². The minimum absolute atomic E-state index is 0.0474. The number of carbonyl (C=O) groups excluding carboxylic acids is 2. The topological polar surface area (TPSA) is 58.2 Å².